The van der Waals surface area contributed by atoms with Crippen molar-refractivity contribution in [3.05, 3.63) is 29.8 Å². The zero-order valence-corrected chi connectivity index (χ0v) is 17.2. The maximum Gasteiger partial charge on any atom is 0.217 e. The Balaban J connectivity index is 1.62. The normalized spacial score (nSPS) is 36.5. The van der Waals surface area contributed by atoms with Gasteiger partial charge < -0.3 is 14.8 Å². The van der Waals surface area contributed by atoms with E-state index in [2.05, 4.69) is 43.4 Å². The quantitative estimate of drug-likeness (QED) is 0.848. The molecule has 0 unspecified atom stereocenters. The van der Waals surface area contributed by atoms with Gasteiger partial charge in [0.05, 0.1) is 12.2 Å². The van der Waals surface area contributed by atoms with Gasteiger partial charge in [-0.15, -0.1) is 0 Å². The largest absolute Gasteiger partial charge is 0.491 e. The van der Waals surface area contributed by atoms with Crippen molar-refractivity contribution < 1.29 is 14.3 Å². The van der Waals surface area contributed by atoms with Crippen LogP contribution in [0.15, 0.2) is 24.3 Å². The molecule has 4 heteroatoms. The number of nitrogens with one attached hydrogen (secondary N) is 1. The third kappa shape index (κ3) is 2.97. The fraction of sp³-hybridized carbons (Fsp3) is 0.696. The molecule has 27 heavy (non-hydrogen) atoms. The van der Waals surface area contributed by atoms with Crippen LogP contribution in [0.5, 0.6) is 5.75 Å². The van der Waals surface area contributed by atoms with Gasteiger partial charge in [-0.3, -0.25) is 4.79 Å². The van der Waals surface area contributed by atoms with Gasteiger partial charge in [0.15, 0.2) is 0 Å². The molecule has 0 radical (unpaired) electrons. The minimum Gasteiger partial charge on any atom is -0.491 e. The molecule has 3 aliphatic rings. The number of ether oxygens (including phenoxy) is 2. The van der Waals surface area contributed by atoms with E-state index < -0.39 is 0 Å². The number of carbonyl (C=O) groups is 1. The van der Waals surface area contributed by atoms with Gasteiger partial charge in [0.1, 0.15) is 5.75 Å². The molecule has 1 saturated heterocycles. The molecule has 2 bridgehead atoms. The molecule has 1 spiro atoms. The maximum absolute atomic E-state index is 12.0. The smallest absolute Gasteiger partial charge is 0.217 e. The lowest BCUT2D eigenvalue weighted by atomic mass is 9.59. The molecule has 1 aromatic rings. The molecule has 1 aromatic carbocycles. The van der Waals surface area contributed by atoms with Crippen LogP contribution in [-0.2, 0) is 9.53 Å². The average molecular weight is 372 g/mol. The number of fused-ring (bicyclic) bond motifs is 1. The first-order valence-electron chi connectivity index (χ1n) is 10.4. The monoisotopic (exact) mass is 371 g/mol. The minimum absolute atomic E-state index is 0.0898. The zero-order valence-electron chi connectivity index (χ0n) is 17.2. The Kier molecular flexibility index (Phi) is 4.53. The van der Waals surface area contributed by atoms with Crippen LogP contribution < -0.4 is 10.1 Å². The highest BCUT2D eigenvalue weighted by Crippen LogP contribution is 2.70. The van der Waals surface area contributed by atoms with Crippen molar-refractivity contribution in [2.45, 2.75) is 72.1 Å². The molecule has 2 saturated carbocycles. The lowest BCUT2D eigenvalue weighted by Gasteiger charge is -2.53. The summed E-state index contributed by atoms with van der Waals surface area (Å²) in [5.41, 5.74) is 1.55. The van der Waals surface area contributed by atoms with Crippen LogP contribution in [0.4, 0.5) is 0 Å². The van der Waals surface area contributed by atoms with Crippen LogP contribution in [0.1, 0.15) is 65.5 Å². The van der Waals surface area contributed by atoms with E-state index in [1.54, 1.807) is 6.92 Å². The Hall–Kier alpha value is -1.55. The summed E-state index contributed by atoms with van der Waals surface area (Å²) in [6, 6.07) is 8.67. The van der Waals surface area contributed by atoms with E-state index in [4.69, 9.17) is 9.47 Å². The third-order valence-electron chi connectivity index (χ3n) is 7.43. The summed E-state index contributed by atoms with van der Waals surface area (Å²) in [7, 11) is 0. The molecule has 1 N–H and O–H groups in total. The van der Waals surface area contributed by atoms with E-state index in [0.29, 0.717) is 11.8 Å². The molecule has 2 aliphatic carbocycles. The highest BCUT2D eigenvalue weighted by atomic mass is 16.5. The molecular weight excluding hydrogens is 338 g/mol. The number of benzene rings is 1. The maximum atomic E-state index is 12.0. The number of hydrogen-bond acceptors (Lipinski definition) is 3. The zero-order chi connectivity index (χ0) is 19.4. The molecule has 4 rings (SSSR count). The van der Waals surface area contributed by atoms with Crippen LogP contribution in [0, 0.1) is 22.7 Å². The van der Waals surface area contributed by atoms with Crippen LogP contribution >= 0.6 is 0 Å². The van der Waals surface area contributed by atoms with Gasteiger partial charge in [-0.1, -0.05) is 26.0 Å². The second kappa shape index (κ2) is 6.51. The number of carbonyl (C=O) groups excluding carboxylic acids is 1. The standard InChI is InChI=1S/C23H33NO3/c1-14(2)27-18-8-6-16(7-9-18)20-19-12-17-13-23(19,10-11-26-20)21(22(17,4)5)24-15(3)25/h6-9,14,17,19-21H,10-13H2,1-5H3,(H,24,25)/t17-,19-,20-,21+,23-/m1/s1. The predicted octanol–water partition coefficient (Wildman–Crippen LogP) is 4.49. The van der Waals surface area contributed by atoms with Gasteiger partial charge in [-0.25, -0.2) is 0 Å². The van der Waals surface area contributed by atoms with Crippen LogP contribution in [0.3, 0.4) is 0 Å². The van der Waals surface area contributed by atoms with E-state index in [0.717, 1.165) is 18.8 Å². The Morgan fingerprint density at radius 2 is 1.96 bits per heavy atom. The Labute approximate surface area is 163 Å². The first-order valence-corrected chi connectivity index (χ1v) is 10.4. The minimum atomic E-state index is 0.0898. The number of amides is 1. The average Bonchev–Trinajstić information content (AvgIpc) is 3.08. The van der Waals surface area contributed by atoms with Gasteiger partial charge in [0.2, 0.25) is 5.91 Å². The first kappa shape index (κ1) is 18.8. The Morgan fingerprint density at radius 3 is 2.59 bits per heavy atom. The SMILES string of the molecule is CC(=O)N[C@H]1C(C)(C)[C@@H]2C[C@@H]3[C@@H](c4ccc(OC(C)C)cc4)OCC[C@@]31C2. The molecule has 5 atom stereocenters. The summed E-state index contributed by atoms with van der Waals surface area (Å²) < 4.78 is 12.1. The second-order valence-electron chi connectivity index (χ2n) is 9.71. The first-order chi connectivity index (χ1) is 12.7. The van der Waals surface area contributed by atoms with E-state index in [1.165, 1.54) is 18.4 Å². The highest BCUT2D eigenvalue weighted by Gasteiger charge is 2.68. The predicted molar refractivity (Wildman–Crippen MR) is 106 cm³/mol. The molecular formula is C23H33NO3. The third-order valence-corrected chi connectivity index (χ3v) is 7.43. The van der Waals surface area contributed by atoms with E-state index in [-0.39, 0.29) is 35.0 Å². The van der Waals surface area contributed by atoms with E-state index in [9.17, 15) is 4.79 Å². The van der Waals surface area contributed by atoms with Crippen molar-refractivity contribution in [2.75, 3.05) is 6.61 Å². The van der Waals surface area contributed by atoms with Crippen LogP contribution in [0.2, 0.25) is 0 Å². The van der Waals surface area contributed by atoms with Gasteiger partial charge in [0, 0.05) is 19.6 Å². The lowest BCUT2D eigenvalue weighted by molar-refractivity contribution is -0.136. The lowest BCUT2D eigenvalue weighted by Crippen LogP contribution is -2.58. The highest BCUT2D eigenvalue weighted by molar-refractivity contribution is 5.73. The fourth-order valence-electron chi connectivity index (χ4n) is 6.33. The number of rotatable bonds is 4. The van der Waals surface area contributed by atoms with Crippen molar-refractivity contribution >= 4 is 5.91 Å². The Morgan fingerprint density at radius 1 is 1.26 bits per heavy atom. The fourth-order valence-corrected chi connectivity index (χ4v) is 6.33. The summed E-state index contributed by atoms with van der Waals surface area (Å²) in [5.74, 6) is 2.11. The summed E-state index contributed by atoms with van der Waals surface area (Å²) in [4.78, 5) is 12.0. The molecule has 4 nitrogen and oxygen atoms in total. The van der Waals surface area contributed by atoms with Gasteiger partial charge in [0.25, 0.3) is 0 Å². The van der Waals surface area contributed by atoms with Gasteiger partial charge in [-0.2, -0.15) is 0 Å². The van der Waals surface area contributed by atoms with E-state index >= 15 is 0 Å². The topological polar surface area (TPSA) is 47.6 Å². The summed E-state index contributed by atoms with van der Waals surface area (Å²) in [5, 5.41) is 3.34. The molecule has 1 aliphatic heterocycles. The number of hydrogen-bond donors (Lipinski definition) is 1. The van der Waals surface area contributed by atoms with Crippen LogP contribution in [0.25, 0.3) is 0 Å². The van der Waals surface area contributed by atoms with Crippen molar-refractivity contribution in [1.82, 2.24) is 5.32 Å². The van der Waals surface area contributed by atoms with Gasteiger partial charge in [-0.05, 0) is 73.5 Å². The Bertz CT molecular complexity index is 711. The van der Waals surface area contributed by atoms with Gasteiger partial charge >= 0.3 is 0 Å². The molecule has 1 amide bonds. The van der Waals surface area contributed by atoms with E-state index in [1.807, 2.05) is 13.8 Å². The molecule has 148 valence electrons. The molecule has 1 heterocycles. The molecule has 0 aromatic heterocycles. The van der Waals surface area contributed by atoms with Crippen molar-refractivity contribution in [1.29, 1.82) is 0 Å². The summed E-state index contributed by atoms with van der Waals surface area (Å²) in [6.07, 6.45) is 3.75. The summed E-state index contributed by atoms with van der Waals surface area (Å²) >= 11 is 0. The van der Waals surface area contributed by atoms with Crippen molar-refractivity contribution in [2.24, 2.45) is 22.7 Å². The molecule has 3 fully saturated rings. The second-order valence-corrected chi connectivity index (χ2v) is 9.71. The van der Waals surface area contributed by atoms with Crippen molar-refractivity contribution in [3.8, 4) is 5.75 Å². The summed E-state index contributed by atoms with van der Waals surface area (Å²) in [6.45, 7) is 11.2. The van der Waals surface area contributed by atoms with Crippen molar-refractivity contribution in [3.63, 3.8) is 0 Å². The van der Waals surface area contributed by atoms with Crippen LogP contribution in [-0.4, -0.2) is 24.7 Å².